The van der Waals surface area contributed by atoms with E-state index in [2.05, 4.69) is 15.9 Å². The number of hydrogen-bond acceptors (Lipinski definition) is 1. The maximum atomic E-state index is 10.4. The fourth-order valence-corrected chi connectivity index (χ4v) is 1.19. The molecule has 0 saturated carbocycles. The molecule has 0 unspecified atom stereocenters. The van der Waals surface area contributed by atoms with E-state index in [1.807, 2.05) is 0 Å². The van der Waals surface area contributed by atoms with Gasteiger partial charge in [-0.1, -0.05) is 22.0 Å². The van der Waals surface area contributed by atoms with Crippen LogP contribution in [0.2, 0.25) is 0 Å². The Hall–Kier alpha value is -0.830. The summed E-state index contributed by atoms with van der Waals surface area (Å²) in [4.78, 5) is 10.4. The maximum Gasteiger partial charge on any atom is 0.386 e. The lowest BCUT2D eigenvalue weighted by Crippen LogP contribution is -1.97. The zero-order valence-corrected chi connectivity index (χ0v) is 7.51. The van der Waals surface area contributed by atoms with Crippen LogP contribution in [0.25, 0.3) is 0 Å². The number of benzene rings is 1. The first-order chi connectivity index (χ1) is 5.13. The summed E-state index contributed by atoms with van der Waals surface area (Å²) in [5.41, 5.74) is 0.937. The number of halogens is 1. The molecule has 0 saturated heterocycles. The Kier molecular flexibility index (Phi) is 2.29. The van der Waals surface area contributed by atoms with Crippen molar-refractivity contribution in [2.45, 2.75) is 6.92 Å². The Labute approximate surface area is 73.0 Å². The molecule has 0 heterocycles. The summed E-state index contributed by atoms with van der Waals surface area (Å²) in [7, 11) is 0. The number of carbonyl (C=O) groups is 1. The van der Waals surface area contributed by atoms with Crippen LogP contribution in [0.3, 0.4) is 0 Å². The average molecular weight is 214 g/mol. The van der Waals surface area contributed by atoms with Gasteiger partial charge in [-0.15, -0.1) is 0 Å². The third-order valence-corrected chi connectivity index (χ3v) is 2.35. The first-order valence-electron chi connectivity index (χ1n) is 3.09. The topological polar surface area (TPSA) is 37.0 Å². The monoisotopic (exact) mass is 213 g/mol. The SMILES string of the molecule is Cc1c(Br)cccc1C([O])=O. The van der Waals surface area contributed by atoms with Crippen LogP contribution in [-0.4, -0.2) is 5.97 Å². The van der Waals surface area contributed by atoms with Gasteiger partial charge in [-0.2, -0.15) is 0 Å². The van der Waals surface area contributed by atoms with E-state index in [4.69, 9.17) is 0 Å². The molecule has 0 fully saturated rings. The third-order valence-electron chi connectivity index (χ3n) is 1.49. The predicted molar refractivity (Wildman–Crippen MR) is 43.9 cm³/mol. The molecule has 1 rings (SSSR count). The van der Waals surface area contributed by atoms with Crippen molar-refractivity contribution in [2.75, 3.05) is 0 Å². The van der Waals surface area contributed by atoms with Gasteiger partial charge in [0.15, 0.2) is 0 Å². The van der Waals surface area contributed by atoms with Gasteiger partial charge in [-0.05, 0) is 24.6 Å². The van der Waals surface area contributed by atoms with E-state index in [0.717, 1.165) is 4.47 Å². The van der Waals surface area contributed by atoms with Crippen LogP contribution < -0.4 is 0 Å². The maximum absolute atomic E-state index is 10.4. The molecule has 1 radical (unpaired) electrons. The van der Waals surface area contributed by atoms with E-state index < -0.39 is 5.97 Å². The standard InChI is InChI=1S/C8H6BrO2/c1-5-6(8(10)11)3-2-4-7(5)9/h2-4H,1H3. The van der Waals surface area contributed by atoms with Crippen LogP contribution in [0.5, 0.6) is 0 Å². The fourth-order valence-electron chi connectivity index (χ4n) is 0.829. The Bertz CT molecular complexity index is 294. The van der Waals surface area contributed by atoms with Crippen LogP contribution >= 0.6 is 15.9 Å². The molecule has 1 aromatic carbocycles. The molecule has 0 bridgehead atoms. The molecule has 57 valence electrons. The molecule has 11 heavy (non-hydrogen) atoms. The van der Waals surface area contributed by atoms with E-state index in [1.54, 1.807) is 19.1 Å². The highest BCUT2D eigenvalue weighted by Crippen LogP contribution is 2.19. The highest BCUT2D eigenvalue weighted by Gasteiger charge is 2.09. The smallest absolute Gasteiger partial charge is 0.241 e. The van der Waals surface area contributed by atoms with Crippen molar-refractivity contribution in [3.63, 3.8) is 0 Å². The number of carbonyl (C=O) groups excluding carboxylic acids is 1. The summed E-state index contributed by atoms with van der Waals surface area (Å²) < 4.78 is 0.791. The van der Waals surface area contributed by atoms with Gasteiger partial charge in [0.05, 0.1) is 5.56 Å². The summed E-state index contributed by atoms with van der Waals surface area (Å²) >= 11 is 3.22. The molecule has 0 atom stereocenters. The van der Waals surface area contributed by atoms with Crippen LogP contribution in [0.1, 0.15) is 15.9 Å². The van der Waals surface area contributed by atoms with Crippen molar-refractivity contribution in [3.05, 3.63) is 33.8 Å². The van der Waals surface area contributed by atoms with Gasteiger partial charge >= 0.3 is 5.97 Å². The highest BCUT2D eigenvalue weighted by atomic mass is 79.9. The van der Waals surface area contributed by atoms with Crippen molar-refractivity contribution < 1.29 is 9.90 Å². The van der Waals surface area contributed by atoms with Gasteiger partial charge in [0.25, 0.3) is 0 Å². The molecular weight excluding hydrogens is 208 g/mol. The molecule has 0 aromatic heterocycles. The molecule has 0 aliphatic heterocycles. The summed E-state index contributed by atoms with van der Waals surface area (Å²) in [6.07, 6.45) is 0. The van der Waals surface area contributed by atoms with Gasteiger partial charge in [0.2, 0.25) is 0 Å². The Morgan fingerprint density at radius 3 is 2.55 bits per heavy atom. The lowest BCUT2D eigenvalue weighted by Gasteiger charge is -1.99. The molecule has 0 aliphatic carbocycles. The van der Waals surface area contributed by atoms with Crippen molar-refractivity contribution in [1.29, 1.82) is 0 Å². The normalized spacial score (nSPS) is 9.64. The van der Waals surface area contributed by atoms with Crippen molar-refractivity contribution in [1.82, 2.24) is 0 Å². The Balaban J connectivity index is 3.27. The summed E-state index contributed by atoms with van der Waals surface area (Å²) in [6, 6.07) is 4.99. The molecule has 0 spiro atoms. The second-order valence-electron chi connectivity index (χ2n) is 2.20. The van der Waals surface area contributed by atoms with Crippen molar-refractivity contribution >= 4 is 21.9 Å². The van der Waals surface area contributed by atoms with Gasteiger partial charge in [0, 0.05) is 4.47 Å². The molecule has 1 aromatic rings. The highest BCUT2D eigenvalue weighted by molar-refractivity contribution is 9.10. The number of rotatable bonds is 1. The lowest BCUT2D eigenvalue weighted by atomic mass is 10.1. The summed E-state index contributed by atoms with van der Waals surface area (Å²) in [5.74, 6) is -1.14. The van der Waals surface area contributed by atoms with Crippen LogP contribution in [0, 0.1) is 6.92 Å². The predicted octanol–water partition coefficient (Wildman–Crippen LogP) is 2.33. The first-order valence-corrected chi connectivity index (χ1v) is 3.88. The van der Waals surface area contributed by atoms with E-state index in [-0.39, 0.29) is 5.56 Å². The van der Waals surface area contributed by atoms with E-state index in [1.165, 1.54) is 6.07 Å². The molecule has 0 amide bonds. The minimum atomic E-state index is -1.14. The zero-order valence-electron chi connectivity index (χ0n) is 5.93. The van der Waals surface area contributed by atoms with Crippen LogP contribution in [-0.2, 0) is 5.11 Å². The van der Waals surface area contributed by atoms with Crippen LogP contribution in [0.15, 0.2) is 22.7 Å². The van der Waals surface area contributed by atoms with Gasteiger partial charge < -0.3 is 0 Å². The lowest BCUT2D eigenvalue weighted by molar-refractivity contribution is 0.0572. The van der Waals surface area contributed by atoms with E-state index >= 15 is 0 Å². The zero-order chi connectivity index (χ0) is 8.43. The average Bonchev–Trinajstić information content (AvgIpc) is 1.94. The Morgan fingerprint density at radius 1 is 1.45 bits per heavy atom. The fraction of sp³-hybridized carbons (Fsp3) is 0.125. The second kappa shape index (κ2) is 3.05. The molecule has 0 N–H and O–H groups in total. The second-order valence-corrected chi connectivity index (χ2v) is 3.05. The van der Waals surface area contributed by atoms with Gasteiger partial charge in [-0.25, -0.2) is 9.90 Å². The number of hydrogen-bond donors (Lipinski definition) is 0. The minimum absolute atomic E-state index is 0.236. The summed E-state index contributed by atoms with van der Waals surface area (Å²) in [6.45, 7) is 1.73. The van der Waals surface area contributed by atoms with E-state index in [9.17, 15) is 9.90 Å². The van der Waals surface area contributed by atoms with Crippen LogP contribution in [0.4, 0.5) is 0 Å². The molecule has 0 aliphatic rings. The molecule has 2 nitrogen and oxygen atoms in total. The minimum Gasteiger partial charge on any atom is -0.241 e. The largest absolute Gasteiger partial charge is 0.386 e. The summed E-state index contributed by atoms with van der Waals surface area (Å²) in [5, 5.41) is 10.4. The van der Waals surface area contributed by atoms with Crippen molar-refractivity contribution in [3.8, 4) is 0 Å². The van der Waals surface area contributed by atoms with Gasteiger partial charge in [0.1, 0.15) is 0 Å². The quantitative estimate of drug-likeness (QED) is 0.706. The third kappa shape index (κ3) is 1.60. The molecular formula is C8H6BrO2. The van der Waals surface area contributed by atoms with Gasteiger partial charge in [-0.3, -0.25) is 0 Å². The molecule has 3 heteroatoms. The Morgan fingerprint density at radius 2 is 2.09 bits per heavy atom. The van der Waals surface area contributed by atoms with Crippen molar-refractivity contribution in [2.24, 2.45) is 0 Å². The van der Waals surface area contributed by atoms with E-state index in [0.29, 0.717) is 5.56 Å². The first kappa shape index (κ1) is 8.27.